The van der Waals surface area contributed by atoms with E-state index in [1.807, 2.05) is 23.1 Å². The Balaban J connectivity index is 1.33. The Labute approximate surface area is 158 Å². The third-order valence-corrected chi connectivity index (χ3v) is 5.58. The molecule has 1 amide bonds. The molecule has 1 aliphatic heterocycles. The van der Waals surface area contributed by atoms with Crippen LogP contribution in [0.1, 0.15) is 37.9 Å². The van der Waals surface area contributed by atoms with Gasteiger partial charge in [0.1, 0.15) is 5.82 Å². The smallest absolute Gasteiger partial charge is 0.258 e. The van der Waals surface area contributed by atoms with E-state index in [4.69, 9.17) is 0 Å². The standard InChI is InChI=1S/C22H25N3O2/c26-21(25-14-12-17(13-15-25)16-6-2-1-3-7-16)11-10-20-23-19-9-5-4-8-18(19)22(27)24-20/h2,4-9,17H,1,3,10-15H2,(H,23,24,27). The molecule has 4 rings (SSSR count). The molecule has 2 aliphatic rings. The van der Waals surface area contributed by atoms with Crippen LogP contribution in [0.15, 0.2) is 52.9 Å². The first-order valence-corrected chi connectivity index (χ1v) is 9.83. The van der Waals surface area contributed by atoms with E-state index in [9.17, 15) is 9.59 Å². The van der Waals surface area contributed by atoms with Crippen molar-refractivity contribution >= 4 is 16.8 Å². The number of allylic oxidation sites excluding steroid dienone is 4. The number of aromatic amines is 1. The molecule has 5 nitrogen and oxygen atoms in total. The van der Waals surface area contributed by atoms with Crippen molar-refractivity contribution in [2.75, 3.05) is 13.1 Å². The van der Waals surface area contributed by atoms with Crippen molar-refractivity contribution in [3.8, 4) is 0 Å². The Kier molecular flexibility index (Phi) is 5.19. The molecule has 1 N–H and O–H groups in total. The predicted molar refractivity (Wildman–Crippen MR) is 106 cm³/mol. The summed E-state index contributed by atoms with van der Waals surface area (Å²) in [5.74, 6) is 1.32. The van der Waals surface area contributed by atoms with Gasteiger partial charge in [0.15, 0.2) is 0 Å². The second-order valence-electron chi connectivity index (χ2n) is 7.37. The van der Waals surface area contributed by atoms with E-state index in [0.717, 1.165) is 38.8 Å². The van der Waals surface area contributed by atoms with Gasteiger partial charge in [0.25, 0.3) is 5.56 Å². The van der Waals surface area contributed by atoms with E-state index in [1.54, 1.807) is 6.07 Å². The lowest BCUT2D eigenvalue weighted by Gasteiger charge is -2.33. The van der Waals surface area contributed by atoms with Gasteiger partial charge in [-0.3, -0.25) is 9.59 Å². The molecule has 1 aromatic carbocycles. The number of piperidine rings is 1. The maximum Gasteiger partial charge on any atom is 0.258 e. The SMILES string of the molecule is O=C(CCc1nc2ccccc2c(=O)[nH]1)N1CCC(C2=CCCC=C2)CC1. The monoisotopic (exact) mass is 363 g/mol. The molecule has 0 spiro atoms. The van der Waals surface area contributed by atoms with Crippen molar-refractivity contribution in [1.82, 2.24) is 14.9 Å². The molecule has 1 fully saturated rings. The quantitative estimate of drug-likeness (QED) is 0.906. The van der Waals surface area contributed by atoms with Crippen molar-refractivity contribution in [1.29, 1.82) is 0 Å². The largest absolute Gasteiger partial charge is 0.343 e. The molecule has 0 atom stereocenters. The number of fused-ring (bicyclic) bond motifs is 1. The number of carbonyl (C=O) groups excluding carboxylic acids is 1. The van der Waals surface area contributed by atoms with Crippen molar-refractivity contribution < 1.29 is 4.79 Å². The highest BCUT2D eigenvalue weighted by atomic mass is 16.2. The highest BCUT2D eigenvalue weighted by molar-refractivity contribution is 5.78. The van der Waals surface area contributed by atoms with Gasteiger partial charge in [-0.1, -0.05) is 30.4 Å². The molecule has 0 bridgehead atoms. The summed E-state index contributed by atoms with van der Waals surface area (Å²) in [6.45, 7) is 1.63. The molecular weight excluding hydrogens is 338 g/mol. The van der Waals surface area contributed by atoms with Crippen LogP contribution in [0.2, 0.25) is 0 Å². The van der Waals surface area contributed by atoms with Crippen molar-refractivity contribution in [2.45, 2.75) is 38.5 Å². The second-order valence-corrected chi connectivity index (χ2v) is 7.37. The number of H-pyrrole nitrogens is 1. The molecule has 2 aromatic rings. The maximum absolute atomic E-state index is 12.6. The highest BCUT2D eigenvalue weighted by Crippen LogP contribution is 2.28. The first-order valence-electron chi connectivity index (χ1n) is 9.83. The molecule has 0 saturated carbocycles. The zero-order valence-electron chi connectivity index (χ0n) is 15.5. The van der Waals surface area contributed by atoms with Gasteiger partial charge in [-0.05, 0) is 49.3 Å². The average Bonchev–Trinajstić information content (AvgIpc) is 2.73. The van der Waals surface area contributed by atoms with Crippen molar-refractivity contribution in [3.05, 3.63) is 64.2 Å². The van der Waals surface area contributed by atoms with E-state index >= 15 is 0 Å². The summed E-state index contributed by atoms with van der Waals surface area (Å²) in [4.78, 5) is 34.0. The Morgan fingerprint density at radius 2 is 2.00 bits per heavy atom. The number of nitrogens with one attached hydrogen (secondary N) is 1. The molecule has 0 unspecified atom stereocenters. The van der Waals surface area contributed by atoms with Gasteiger partial charge < -0.3 is 9.88 Å². The number of likely N-dealkylation sites (tertiary alicyclic amines) is 1. The molecular formula is C22H25N3O2. The molecule has 0 radical (unpaired) electrons. The van der Waals surface area contributed by atoms with E-state index in [2.05, 4.69) is 28.2 Å². The van der Waals surface area contributed by atoms with E-state index < -0.39 is 0 Å². The Hall–Kier alpha value is -2.69. The molecule has 140 valence electrons. The third kappa shape index (κ3) is 4.02. The van der Waals surface area contributed by atoms with Gasteiger partial charge >= 0.3 is 0 Å². The number of hydrogen-bond donors (Lipinski definition) is 1. The van der Waals surface area contributed by atoms with Crippen LogP contribution in [-0.4, -0.2) is 33.9 Å². The Morgan fingerprint density at radius 1 is 1.19 bits per heavy atom. The number of aryl methyl sites for hydroxylation is 1. The van der Waals surface area contributed by atoms with Crippen LogP contribution >= 0.6 is 0 Å². The summed E-state index contributed by atoms with van der Waals surface area (Å²) in [6, 6.07) is 7.28. The number of rotatable bonds is 4. The van der Waals surface area contributed by atoms with Crippen molar-refractivity contribution in [3.63, 3.8) is 0 Å². The van der Waals surface area contributed by atoms with Crippen LogP contribution in [0.4, 0.5) is 0 Å². The Morgan fingerprint density at radius 3 is 2.78 bits per heavy atom. The zero-order valence-corrected chi connectivity index (χ0v) is 15.5. The van der Waals surface area contributed by atoms with Crippen molar-refractivity contribution in [2.24, 2.45) is 5.92 Å². The number of para-hydroxylation sites is 1. The van der Waals surface area contributed by atoms with Crippen LogP contribution in [0.3, 0.4) is 0 Å². The summed E-state index contributed by atoms with van der Waals surface area (Å²) in [5, 5.41) is 0.584. The fraction of sp³-hybridized carbons (Fsp3) is 0.409. The number of benzene rings is 1. The zero-order chi connectivity index (χ0) is 18.6. The van der Waals surface area contributed by atoms with Crippen LogP contribution in [0.5, 0.6) is 0 Å². The summed E-state index contributed by atoms with van der Waals surface area (Å²) < 4.78 is 0. The number of amides is 1. The fourth-order valence-corrected chi connectivity index (χ4v) is 4.04. The van der Waals surface area contributed by atoms with Gasteiger partial charge in [-0.2, -0.15) is 0 Å². The van der Waals surface area contributed by atoms with Crippen LogP contribution in [-0.2, 0) is 11.2 Å². The third-order valence-electron chi connectivity index (χ3n) is 5.58. The first-order chi connectivity index (χ1) is 13.2. The van der Waals surface area contributed by atoms with E-state index in [0.29, 0.717) is 35.5 Å². The topological polar surface area (TPSA) is 66.1 Å². The normalized spacial score (nSPS) is 17.9. The van der Waals surface area contributed by atoms with Crippen LogP contribution < -0.4 is 5.56 Å². The molecule has 1 aliphatic carbocycles. The number of carbonyl (C=O) groups is 1. The van der Waals surface area contributed by atoms with Gasteiger partial charge in [0.05, 0.1) is 10.9 Å². The molecule has 1 saturated heterocycles. The summed E-state index contributed by atoms with van der Waals surface area (Å²) in [7, 11) is 0. The predicted octanol–water partition coefficient (Wildman–Crippen LogP) is 3.37. The summed E-state index contributed by atoms with van der Waals surface area (Å²) in [5.41, 5.74) is 1.99. The van der Waals surface area contributed by atoms with E-state index in [-0.39, 0.29) is 11.5 Å². The van der Waals surface area contributed by atoms with E-state index in [1.165, 1.54) is 5.57 Å². The van der Waals surface area contributed by atoms with Gasteiger partial charge in [0, 0.05) is 25.9 Å². The average molecular weight is 363 g/mol. The minimum Gasteiger partial charge on any atom is -0.343 e. The summed E-state index contributed by atoms with van der Waals surface area (Å²) in [6.07, 6.45) is 12.1. The van der Waals surface area contributed by atoms with Gasteiger partial charge in [-0.15, -0.1) is 0 Å². The lowest BCUT2D eigenvalue weighted by atomic mass is 9.86. The van der Waals surface area contributed by atoms with Gasteiger partial charge in [-0.25, -0.2) is 4.98 Å². The minimum absolute atomic E-state index is 0.141. The number of aromatic nitrogens is 2. The fourth-order valence-electron chi connectivity index (χ4n) is 4.04. The first kappa shape index (κ1) is 17.7. The summed E-state index contributed by atoms with van der Waals surface area (Å²) >= 11 is 0. The second kappa shape index (κ2) is 7.91. The molecule has 5 heteroatoms. The lowest BCUT2D eigenvalue weighted by Crippen LogP contribution is -2.39. The molecule has 2 heterocycles. The van der Waals surface area contributed by atoms with Crippen LogP contribution in [0.25, 0.3) is 10.9 Å². The van der Waals surface area contributed by atoms with Crippen LogP contribution in [0, 0.1) is 5.92 Å². The molecule has 27 heavy (non-hydrogen) atoms. The minimum atomic E-state index is -0.141. The lowest BCUT2D eigenvalue weighted by molar-refractivity contribution is -0.132. The number of nitrogens with zero attached hydrogens (tertiary/aromatic N) is 2. The molecule has 1 aromatic heterocycles. The highest BCUT2D eigenvalue weighted by Gasteiger charge is 2.24. The number of hydrogen-bond acceptors (Lipinski definition) is 3. The Bertz CT molecular complexity index is 949. The van der Waals surface area contributed by atoms with Gasteiger partial charge in [0.2, 0.25) is 5.91 Å². The maximum atomic E-state index is 12.6.